The van der Waals surface area contributed by atoms with Gasteiger partial charge in [-0.05, 0) is 12.6 Å². The summed E-state index contributed by atoms with van der Waals surface area (Å²) in [6.45, 7) is 4.27. The minimum atomic E-state index is -0.00502. The van der Waals surface area contributed by atoms with Crippen LogP contribution in [0.15, 0.2) is 36.5 Å². The number of nitrogens with one attached hydrogen (secondary N) is 2. The van der Waals surface area contributed by atoms with Gasteiger partial charge in [-0.3, -0.25) is 14.8 Å². The quantitative estimate of drug-likeness (QED) is 0.885. The van der Waals surface area contributed by atoms with E-state index in [0.29, 0.717) is 0 Å². The SMILES string of the molecule is CNC(=O)[C@H]1CN(C)CCN(Cc2cn[nH]c2-c2ccccc2)C1. The Morgan fingerprint density at radius 2 is 2.08 bits per heavy atom. The van der Waals surface area contributed by atoms with Crippen LogP contribution in [0.5, 0.6) is 0 Å². The molecule has 3 rings (SSSR count). The van der Waals surface area contributed by atoms with E-state index in [1.165, 1.54) is 5.56 Å². The third kappa shape index (κ3) is 3.83. The average molecular weight is 327 g/mol. The molecule has 1 fully saturated rings. The molecule has 2 aromatic rings. The number of aromatic amines is 1. The molecule has 128 valence electrons. The van der Waals surface area contributed by atoms with Crippen LogP contribution in [0.2, 0.25) is 0 Å². The van der Waals surface area contributed by atoms with E-state index in [1.54, 1.807) is 7.05 Å². The lowest BCUT2D eigenvalue weighted by atomic mass is 10.1. The van der Waals surface area contributed by atoms with Crippen molar-refractivity contribution < 1.29 is 4.79 Å². The Morgan fingerprint density at radius 1 is 1.29 bits per heavy atom. The van der Waals surface area contributed by atoms with Gasteiger partial charge < -0.3 is 10.2 Å². The molecule has 0 unspecified atom stereocenters. The largest absolute Gasteiger partial charge is 0.359 e. The van der Waals surface area contributed by atoms with Gasteiger partial charge in [-0.1, -0.05) is 30.3 Å². The third-order valence-corrected chi connectivity index (χ3v) is 4.60. The number of H-pyrrole nitrogens is 1. The number of nitrogens with zero attached hydrogens (tertiary/aromatic N) is 3. The van der Waals surface area contributed by atoms with E-state index in [-0.39, 0.29) is 11.8 Å². The molecule has 2 heterocycles. The second-order valence-electron chi connectivity index (χ2n) is 6.44. The monoisotopic (exact) mass is 327 g/mol. The van der Waals surface area contributed by atoms with Crippen LogP contribution in [0.4, 0.5) is 0 Å². The van der Waals surface area contributed by atoms with Gasteiger partial charge in [0.1, 0.15) is 0 Å². The summed E-state index contributed by atoms with van der Waals surface area (Å²) in [5, 5.41) is 10.1. The highest BCUT2D eigenvalue weighted by atomic mass is 16.1. The lowest BCUT2D eigenvalue weighted by molar-refractivity contribution is -0.125. The van der Waals surface area contributed by atoms with Crippen LogP contribution < -0.4 is 5.32 Å². The van der Waals surface area contributed by atoms with Gasteiger partial charge in [0.15, 0.2) is 0 Å². The van der Waals surface area contributed by atoms with Crippen molar-refractivity contribution in [2.24, 2.45) is 5.92 Å². The fraction of sp³-hybridized carbons (Fsp3) is 0.444. The second-order valence-corrected chi connectivity index (χ2v) is 6.44. The van der Waals surface area contributed by atoms with Gasteiger partial charge >= 0.3 is 0 Å². The van der Waals surface area contributed by atoms with E-state index in [1.807, 2.05) is 24.4 Å². The van der Waals surface area contributed by atoms with Crippen molar-refractivity contribution in [3.05, 3.63) is 42.1 Å². The molecule has 1 saturated heterocycles. The molecule has 1 aromatic carbocycles. The first kappa shape index (κ1) is 16.7. The van der Waals surface area contributed by atoms with Crippen molar-refractivity contribution in [3.63, 3.8) is 0 Å². The van der Waals surface area contributed by atoms with Crippen LogP contribution in [-0.4, -0.2) is 66.2 Å². The summed E-state index contributed by atoms with van der Waals surface area (Å²) in [6.07, 6.45) is 1.89. The zero-order chi connectivity index (χ0) is 16.9. The van der Waals surface area contributed by atoms with Crippen molar-refractivity contribution in [3.8, 4) is 11.3 Å². The number of amides is 1. The number of hydrogen-bond donors (Lipinski definition) is 2. The molecular formula is C18H25N5O. The Kier molecular flexibility index (Phi) is 5.27. The molecule has 0 saturated carbocycles. The molecule has 2 N–H and O–H groups in total. The molecule has 24 heavy (non-hydrogen) atoms. The highest BCUT2D eigenvalue weighted by molar-refractivity contribution is 5.78. The molecular weight excluding hydrogens is 302 g/mol. The van der Waals surface area contributed by atoms with Crippen molar-refractivity contribution in [2.45, 2.75) is 6.54 Å². The number of carbonyl (C=O) groups is 1. The summed E-state index contributed by atoms with van der Waals surface area (Å²) >= 11 is 0. The molecule has 1 amide bonds. The smallest absolute Gasteiger partial charge is 0.225 e. The Bertz CT molecular complexity index is 669. The van der Waals surface area contributed by atoms with Crippen LogP contribution in [-0.2, 0) is 11.3 Å². The zero-order valence-corrected chi connectivity index (χ0v) is 14.3. The van der Waals surface area contributed by atoms with Gasteiger partial charge in [0, 0.05) is 45.3 Å². The highest BCUT2D eigenvalue weighted by Crippen LogP contribution is 2.22. The van der Waals surface area contributed by atoms with Crippen LogP contribution >= 0.6 is 0 Å². The molecule has 6 heteroatoms. The fourth-order valence-electron chi connectivity index (χ4n) is 3.28. The van der Waals surface area contributed by atoms with Gasteiger partial charge in [0.05, 0.1) is 17.8 Å². The molecule has 1 atom stereocenters. The molecule has 0 spiro atoms. The number of rotatable bonds is 4. The van der Waals surface area contributed by atoms with Crippen LogP contribution in [0.3, 0.4) is 0 Å². The summed E-state index contributed by atoms with van der Waals surface area (Å²) in [5.74, 6) is 0.110. The van der Waals surface area contributed by atoms with E-state index in [9.17, 15) is 4.79 Å². The van der Waals surface area contributed by atoms with E-state index >= 15 is 0 Å². The number of aromatic nitrogens is 2. The molecule has 1 aliphatic heterocycles. The highest BCUT2D eigenvalue weighted by Gasteiger charge is 2.26. The molecule has 1 aliphatic rings. The van der Waals surface area contributed by atoms with Crippen molar-refractivity contribution in [2.75, 3.05) is 40.3 Å². The summed E-state index contributed by atoms with van der Waals surface area (Å²) < 4.78 is 0. The first-order valence-electron chi connectivity index (χ1n) is 8.37. The van der Waals surface area contributed by atoms with Gasteiger partial charge in [-0.2, -0.15) is 5.10 Å². The van der Waals surface area contributed by atoms with E-state index in [4.69, 9.17) is 0 Å². The first-order chi connectivity index (χ1) is 11.7. The van der Waals surface area contributed by atoms with Gasteiger partial charge in [-0.25, -0.2) is 0 Å². The summed E-state index contributed by atoms with van der Waals surface area (Å²) in [5.41, 5.74) is 3.37. The lowest BCUT2D eigenvalue weighted by Gasteiger charge is -2.23. The maximum absolute atomic E-state index is 12.1. The minimum Gasteiger partial charge on any atom is -0.359 e. The second kappa shape index (κ2) is 7.59. The molecule has 0 bridgehead atoms. The van der Waals surface area contributed by atoms with E-state index in [0.717, 1.165) is 44.0 Å². The average Bonchev–Trinajstić information content (AvgIpc) is 2.98. The zero-order valence-electron chi connectivity index (χ0n) is 14.3. The maximum atomic E-state index is 12.1. The van der Waals surface area contributed by atoms with E-state index < -0.39 is 0 Å². The predicted octanol–water partition coefficient (Wildman–Crippen LogP) is 1.19. The maximum Gasteiger partial charge on any atom is 0.225 e. The number of likely N-dealkylation sites (N-methyl/N-ethyl adjacent to an activating group) is 1. The number of carbonyl (C=O) groups excluding carboxylic acids is 1. The van der Waals surface area contributed by atoms with Crippen LogP contribution in [0.1, 0.15) is 5.56 Å². The Hall–Kier alpha value is -2.18. The molecule has 6 nitrogen and oxygen atoms in total. The van der Waals surface area contributed by atoms with Crippen molar-refractivity contribution in [1.82, 2.24) is 25.3 Å². The topological polar surface area (TPSA) is 64.3 Å². The normalized spacial score (nSPS) is 19.8. The first-order valence-corrected chi connectivity index (χ1v) is 8.37. The van der Waals surface area contributed by atoms with Gasteiger partial charge in [0.2, 0.25) is 5.91 Å². The molecule has 0 aliphatic carbocycles. The molecule has 0 radical (unpaired) electrons. The Balaban J connectivity index is 1.76. The minimum absolute atomic E-state index is 0.00502. The lowest BCUT2D eigenvalue weighted by Crippen LogP contribution is -2.39. The van der Waals surface area contributed by atoms with Crippen LogP contribution in [0.25, 0.3) is 11.3 Å². The predicted molar refractivity (Wildman–Crippen MR) is 94.4 cm³/mol. The Labute approximate surface area is 142 Å². The number of hydrogen-bond acceptors (Lipinski definition) is 4. The van der Waals surface area contributed by atoms with Crippen molar-refractivity contribution in [1.29, 1.82) is 0 Å². The fourth-order valence-corrected chi connectivity index (χ4v) is 3.28. The molecule has 1 aromatic heterocycles. The Morgan fingerprint density at radius 3 is 2.83 bits per heavy atom. The van der Waals surface area contributed by atoms with E-state index in [2.05, 4.69) is 44.5 Å². The number of benzene rings is 1. The summed E-state index contributed by atoms with van der Waals surface area (Å²) in [7, 11) is 3.79. The third-order valence-electron chi connectivity index (χ3n) is 4.60. The summed E-state index contributed by atoms with van der Waals surface area (Å²) in [4.78, 5) is 16.7. The van der Waals surface area contributed by atoms with Gasteiger partial charge in [0.25, 0.3) is 0 Å². The van der Waals surface area contributed by atoms with Gasteiger partial charge in [-0.15, -0.1) is 0 Å². The standard InChI is InChI=1S/C18H25N5O/c1-19-18(24)16-11-22(2)8-9-23(13-16)12-15-10-20-21-17(15)14-6-4-3-5-7-14/h3-7,10,16H,8-9,11-13H2,1-2H3,(H,19,24)(H,20,21)/t16-/m0/s1. The summed E-state index contributed by atoms with van der Waals surface area (Å²) in [6, 6.07) is 10.2. The van der Waals surface area contributed by atoms with Crippen LogP contribution in [0, 0.1) is 5.92 Å². The van der Waals surface area contributed by atoms with Crippen molar-refractivity contribution >= 4 is 5.91 Å².